The molecule has 2 heteroatoms. The molecule has 0 N–H and O–H groups in total. The van der Waals surface area contributed by atoms with Gasteiger partial charge in [-0.3, -0.25) is 0 Å². The van der Waals surface area contributed by atoms with E-state index in [2.05, 4.69) is 6.92 Å². The molecule has 1 aromatic carbocycles. The predicted octanol–water partition coefficient (Wildman–Crippen LogP) is 4.06. The highest BCUT2D eigenvalue weighted by Crippen LogP contribution is 2.14. The zero-order valence-corrected chi connectivity index (χ0v) is 9.91. The molecule has 16 heavy (non-hydrogen) atoms. The van der Waals surface area contributed by atoms with Crippen LogP contribution in [-0.2, 0) is 6.42 Å². The van der Waals surface area contributed by atoms with Crippen molar-refractivity contribution in [1.82, 2.24) is 0 Å². The molecular formula is C14H19NO. The van der Waals surface area contributed by atoms with Crippen molar-refractivity contribution < 1.29 is 4.74 Å². The van der Waals surface area contributed by atoms with Crippen LogP contribution in [0.25, 0.3) is 0 Å². The van der Waals surface area contributed by atoms with Crippen LogP contribution < -0.4 is 4.74 Å². The Morgan fingerprint density at radius 1 is 1.06 bits per heavy atom. The molecule has 0 aliphatic carbocycles. The smallest absolute Gasteiger partial charge is 0.292 e. The first-order valence-electron chi connectivity index (χ1n) is 6.01. The summed E-state index contributed by atoms with van der Waals surface area (Å²) in [5, 5.41) is 8.34. The van der Waals surface area contributed by atoms with Crippen molar-refractivity contribution in [1.29, 1.82) is 5.26 Å². The number of hydrogen-bond donors (Lipinski definition) is 0. The molecule has 1 rings (SSSR count). The lowest BCUT2D eigenvalue weighted by molar-refractivity contribution is 0.507. The number of nitriles is 1. The van der Waals surface area contributed by atoms with Crippen molar-refractivity contribution in [2.75, 3.05) is 0 Å². The summed E-state index contributed by atoms with van der Waals surface area (Å²) in [7, 11) is 0. The van der Waals surface area contributed by atoms with E-state index in [4.69, 9.17) is 10.00 Å². The van der Waals surface area contributed by atoms with Gasteiger partial charge in [0.05, 0.1) is 0 Å². The summed E-state index contributed by atoms with van der Waals surface area (Å²) in [6.07, 6.45) is 9.32. The average Bonchev–Trinajstić information content (AvgIpc) is 2.31. The fourth-order valence-corrected chi connectivity index (χ4v) is 1.71. The highest BCUT2D eigenvalue weighted by Gasteiger charge is 1.96. The Kier molecular flexibility index (Phi) is 6.10. The van der Waals surface area contributed by atoms with E-state index in [-0.39, 0.29) is 0 Å². The maximum Gasteiger partial charge on any atom is 0.292 e. The van der Waals surface area contributed by atoms with Gasteiger partial charge in [-0.1, -0.05) is 44.7 Å². The van der Waals surface area contributed by atoms with Crippen molar-refractivity contribution in [3.63, 3.8) is 0 Å². The van der Waals surface area contributed by atoms with Gasteiger partial charge in [0.25, 0.3) is 6.26 Å². The number of benzene rings is 1. The Bertz CT molecular complexity index is 324. The number of hydrogen-bond acceptors (Lipinski definition) is 2. The summed E-state index contributed by atoms with van der Waals surface area (Å²) >= 11 is 0. The van der Waals surface area contributed by atoms with Crippen molar-refractivity contribution in [3.8, 4) is 12.0 Å². The van der Waals surface area contributed by atoms with E-state index in [1.54, 1.807) is 6.26 Å². The second-order valence-corrected chi connectivity index (χ2v) is 4.00. The fourth-order valence-electron chi connectivity index (χ4n) is 1.71. The predicted molar refractivity (Wildman–Crippen MR) is 65.1 cm³/mol. The van der Waals surface area contributed by atoms with Gasteiger partial charge in [0.1, 0.15) is 5.75 Å². The minimum atomic E-state index is 0.622. The van der Waals surface area contributed by atoms with Crippen molar-refractivity contribution in [3.05, 3.63) is 29.8 Å². The van der Waals surface area contributed by atoms with E-state index < -0.39 is 0 Å². The molecule has 86 valence electrons. The maximum atomic E-state index is 8.34. The van der Waals surface area contributed by atoms with Crippen molar-refractivity contribution in [2.24, 2.45) is 0 Å². The Morgan fingerprint density at radius 3 is 2.38 bits per heavy atom. The van der Waals surface area contributed by atoms with Crippen LogP contribution in [0.15, 0.2) is 24.3 Å². The molecule has 0 aliphatic rings. The molecule has 1 aromatic rings. The number of nitrogens with zero attached hydrogens (tertiary/aromatic N) is 1. The largest absolute Gasteiger partial charge is 0.388 e. The second kappa shape index (κ2) is 7.76. The molecule has 0 heterocycles. The summed E-state index contributed by atoms with van der Waals surface area (Å²) < 4.78 is 4.72. The van der Waals surface area contributed by atoms with Gasteiger partial charge in [-0.05, 0) is 30.5 Å². The van der Waals surface area contributed by atoms with Crippen LogP contribution in [0.3, 0.4) is 0 Å². The first-order chi connectivity index (χ1) is 7.86. The quantitative estimate of drug-likeness (QED) is 0.509. The zero-order valence-electron chi connectivity index (χ0n) is 9.91. The third-order valence-corrected chi connectivity index (χ3v) is 2.66. The summed E-state index contributed by atoms with van der Waals surface area (Å²) in [6, 6.07) is 7.77. The summed E-state index contributed by atoms with van der Waals surface area (Å²) in [5.41, 5.74) is 1.32. The monoisotopic (exact) mass is 217 g/mol. The van der Waals surface area contributed by atoms with Crippen LogP contribution in [0.5, 0.6) is 5.75 Å². The third-order valence-electron chi connectivity index (χ3n) is 2.66. The summed E-state index contributed by atoms with van der Waals surface area (Å²) in [6.45, 7) is 2.23. The number of unbranched alkanes of at least 4 members (excludes halogenated alkanes) is 4. The van der Waals surface area contributed by atoms with Crippen LogP contribution in [0, 0.1) is 11.5 Å². The molecule has 0 saturated heterocycles. The Morgan fingerprint density at radius 2 is 1.75 bits per heavy atom. The normalized spacial score (nSPS) is 9.75. The number of aryl methyl sites for hydroxylation is 1. The van der Waals surface area contributed by atoms with Gasteiger partial charge in [-0.25, -0.2) is 0 Å². The van der Waals surface area contributed by atoms with E-state index in [1.165, 1.54) is 37.7 Å². The van der Waals surface area contributed by atoms with E-state index in [1.807, 2.05) is 24.3 Å². The van der Waals surface area contributed by atoms with E-state index in [9.17, 15) is 0 Å². The van der Waals surface area contributed by atoms with E-state index in [0.29, 0.717) is 5.75 Å². The first kappa shape index (κ1) is 12.6. The standard InChI is InChI=1S/C14H19NO/c1-2-3-4-5-6-7-13-8-10-14(11-9-13)16-12-15/h8-11H,2-7H2,1H3. The van der Waals surface area contributed by atoms with Gasteiger partial charge in [0, 0.05) is 0 Å². The lowest BCUT2D eigenvalue weighted by atomic mass is 10.1. The van der Waals surface area contributed by atoms with Crippen LogP contribution in [0.4, 0.5) is 0 Å². The molecule has 0 fully saturated rings. The van der Waals surface area contributed by atoms with Gasteiger partial charge in [0.2, 0.25) is 0 Å². The molecule has 0 amide bonds. The molecule has 0 unspecified atom stereocenters. The van der Waals surface area contributed by atoms with Crippen LogP contribution in [-0.4, -0.2) is 0 Å². The molecule has 0 aromatic heterocycles. The minimum absolute atomic E-state index is 0.622. The molecule has 0 spiro atoms. The third kappa shape index (κ3) is 4.84. The molecular weight excluding hydrogens is 198 g/mol. The summed E-state index contributed by atoms with van der Waals surface area (Å²) in [5.74, 6) is 0.622. The lowest BCUT2D eigenvalue weighted by Gasteiger charge is -2.02. The highest BCUT2D eigenvalue weighted by molar-refractivity contribution is 5.28. The lowest BCUT2D eigenvalue weighted by Crippen LogP contribution is -1.87. The zero-order chi connectivity index (χ0) is 11.6. The van der Waals surface area contributed by atoms with Crippen LogP contribution in [0.1, 0.15) is 44.6 Å². The van der Waals surface area contributed by atoms with Gasteiger partial charge < -0.3 is 4.74 Å². The maximum absolute atomic E-state index is 8.34. The summed E-state index contributed by atoms with van der Waals surface area (Å²) in [4.78, 5) is 0. The number of ether oxygens (including phenoxy) is 1. The highest BCUT2D eigenvalue weighted by atomic mass is 16.5. The molecule has 0 bridgehead atoms. The second-order valence-electron chi connectivity index (χ2n) is 4.00. The van der Waals surface area contributed by atoms with Crippen LogP contribution >= 0.6 is 0 Å². The minimum Gasteiger partial charge on any atom is -0.388 e. The van der Waals surface area contributed by atoms with Gasteiger partial charge >= 0.3 is 0 Å². The molecule has 2 nitrogen and oxygen atoms in total. The van der Waals surface area contributed by atoms with E-state index in [0.717, 1.165) is 6.42 Å². The van der Waals surface area contributed by atoms with Gasteiger partial charge in [-0.15, -0.1) is 5.26 Å². The molecule has 0 radical (unpaired) electrons. The molecule has 0 aliphatic heterocycles. The van der Waals surface area contributed by atoms with Crippen molar-refractivity contribution >= 4 is 0 Å². The van der Waals surface area contributed by atoms with Gasteiger partial charge in [0.15, 0.2) is 0 Å². The fraction of sp³-hybridized carbons (Fsp3) is 0.500. The average molecular weight is 217 g/mol. The van der Waals surface area contributed by atoms with Crippen molar-refractivity contribution in [2.45, 2.75) is 45.4 Å². The van der Waals surface area contributed by atoms with Gasteiger partial charge in [-0.2, -0.15) is 0 Å². The van der Waals surface area contributed by atoms with Crippen LogP contribution in [0.2, 0.25) is 0 Å². The number of rotatable bonds is 7. The molecule has 0 saturated carbocycles. The Labute approximate surface area is 97.9 Å². The molecule has 0 atom stereocenters. The Hall–Kier alpha value is -1.49. The SMILES string of the molecule is CCCCCCCc1ccc(OC#N)cc1. The first-order valence-corrected chi connectivity index (χ1v) is 6.01. The Balaban J connectivity index is 2.24. The van der Waals surface area contributed by atoms with E-state index >= 15 is 0 Å². The topological polar surface area (TPSA) is 33.0 Å².